The summed E-state index contributed by atoms with van der Waals surface area (Å²) in [4.78, 5) is 13.1. The van der Waals surface area contributed by atoms with Crippen molar-refractivity contribution >= 4 is 12.1 Å². The summed E-state index contributed by atoms with van der Waals surface area (Å²) in [7, 11) is 0. The van der Waals surface area contributed by atoms with Gasteiger partial charge in [-0.2, -0.15) is 5.10 Å². The lowest BCUT2D eigenvalue weighted by atomic mass is 10.2. The highest BCUT2D eigenvalue weighted by Crippen LogP contribution is 2.27. The molecule has 0 radical (unpaired) electrons. The summed E-state index contributed by atoms with van der Waals surface area (Å²) < 4.78 is 16.4. The first-order chi connectivity index (χ1) is 11.7. The number of nitrogens with zero attached hydrogens (tertiary/aromatic N) is 1. The smallest absolute Gasteiger partial charge is 0.295 e. The molecule has 0 bridgehead atoms. The second-order valence-corrected chi connectivity index (χ2v) is 5.40. The Balaban J connectivity index is 1.88. The van der Waals surface area contributed by atoms with Gasteiger partial charge in [0.2, 0.25) is 0 Å². The van der Waals surface area contributed by atoms with Gasteiger partial charge in [-0.1, -0.05) is 0 Å². The molecule has 0 saturated carbocycles. The summed E-state index contributed by atoms with van der Waals surface area (Å²) in [6.45, 7) is 8.52. The summed E-state index contributed by atoms with van der Waals surface area (Å²) in [6.07, 6.45) is 1.60. The van der Waals surface area contributed by atoms with Gasteiger partial charge in [0.25, 0.3) is 5.91 Å². The molecular weight excluding hydrogens is 310 g/mol. The lowest BCUT2D eigenvalue weighted by Crippen LogP contribution is -3.15. The lowest BCUT2D eigenvalue weighted by molar-refractivity contribution is -0.900. The Kier molecular flexibility index (Phi) is 7.51. The predicted molar refractivity (Wildman–Crippen MR) is 90.9 cm³/mol. The maximum atomic E-state index is 11.9. The minimum Gasteiger partial charge on any atom is -0.490 e. The quantitative estimate of drug-likeness (QED) is 0.511. The van der Waals surface area contributed by atoms with E-state index in [2.05, 4.69) is 10.5 Å². The number of nitrogens with one attached hydrogen (secondary N) is 2. The average Bonchev–Trinajstić information content (AvgIpc) is 2.58. The van der Waals surface area contributed by atoms with E-state index in [1.807, 2.05) is 32.0 Å². The van der Waals surface area contributed by atoms with Crippen LogP contribution in [0.5, 0.6) is 11.5 Å². The van der Waals surface area contributed by atoms with Gasteiger partial charge in [-0.25, -0.2) is 5.43 Å². The van der Waals surface area contributed by atoms with Crippen LogP contribution < -0.4 is 19.8 Å². The molecule has 2 rings (SSSR count). The number of morpholine rings is 1. The van der Waals surface area contributed by atoms with Crippen LogP contribution in [-0.2, 0) is 9.53 Å². The van der Waals surface area contributed by atoms with Gasteiger partial charge in [0.05, 0.1) is 32.6 Å². The molecule has 1 saturated heterocycles. The van der Waals surface area contributed by atoms with E-state index in [9.17, 15) is 4.79 Å². The summed E-state index contributed by atoms with van der Waals surface area (Å²) in [5, 5.41) is 4.02. The van der Waals surface area contributed by atoms with Gasteiger partial charge in [0.1, 0.15) is 13.1 Å². The zero-order chi connectivity index (χ0) is 17.2. The van der Waals surface area contributed by atoms with Crippen molar-refractivity contribution in [3.8, 4) is 11.5 Å². The van der Waals surface area contributed by atoms with Crippen molar-refractivity contribution in [1.29, 1.82) is 0 Å². The van der Waals surface area contributed by atoms with E-state index >= 15 is 0 Å². The fraction of sp³-hybridized carbons (Fsp3) is 0.529. The Bertz CT molecular complexity index is 557. The number of hydrazone groups is 1. The minimum atomic E-state index is -0.0980. The minimum absolute atomic E-state index is 0.0980. The zero-order valence-corrected chi connectivity index (χ0v) is 14.3. The number of carbonyl (C=O) groups excluding carboxylic acids is 1. The molecule has 0 aliphatic carbocycles. The van der Waals surface area contributed by atoms with Gasteiger partial charge in [-0.15, -0.1) is 0 Å². The topological polar surface area (TPSA) is 73.6 Å². The number of carbonyl (C=O) groups is 1. The highest BCUT2D eigenvalue weighted by Gasteiger charge is 2.17. The van der Waals surface area contributed by atoms with E-state index in [-0.39, 0.29) is 5.91 Å². The monoisotopic (exact) mass is 336 g/mol. The fourth-order valence-electron chi connectivity index (χ4n) is 2.43. The molecule has 132 valence electrons. The van der Waals surface area contributed by atoms with Crippen LogP contribution in [-0.4, -0.2) is 58.2 Å². The summed E-state index contributed by atoms with van der Waals surface area (Å²) in [5.41, 5.74) is 3.40. The molecule has 7 nitrogen and oxygen atoms in total. The molecule has 1 aliphatic rings. The number of rotatable bonds is 8. The number of ether oxygens (including phenoxy) is 3. The van der Waals surface area contributed by atoms with E-state index in [0.717, 1.165) is 18.7 Å². The van der Waals surface area contributed by atoms with Crippen LogP contribution in [0.2, 0.25) is 0 Å². The van der Waals surface area contributed by atoms with Crippen molar-refractivity contribution in [2.75, 3.05) is 46.1 Å². The highest BCUT2D eigenvalue weighted by atomic mass is 16.5. The van der Waals surface area contributed by atoms with E-state index in [1.165, 1.54) is 4.90 Å². The number of amides is 1. The molecule has 1 aromatic rings. The summed E-state index contributed by atoms with van der Waals surface area (Å²) in [6, 6.07) is 5.56. The summed E-state index contributed by atoms with van der Waals surface area (Å²) >= 11 is 0. The van der Waals surface area contributed by atoms with Gasteiger partial charge in [0, 0.05) is 0 Å². The maximum absolute atomic E-state index is 11.9. The van der Waals surface area contributed by atoms with E-state index in [4.69, 9.17) is 14.2 Å². The van der Waals surface area contributed by atoms with Gasteiger partial charge >= 0.3 is 0 Å². The number of quaternary nitrogens is 1. The van der Waals surface area contributed by atoms with Crippen molar-refractivity contribution in [3.05, 3.63) is 23.8 Å². The molecule has 1 aromatic carbocycles. The molecule has 0 aromatic heterocycles. The zero-order valence-electron chi connectivity index (χ0n) is 14.3. The van der Waals surface area contributed by atoms with Crippen molar-refractivity contribution in [2.45, 2.75) is 13.8 Å². The van der Waals surface area contributed by atoms with Gasteiger partial charge in [-0.3, -0.25) is 4.79 Å². The van der Waals surface area contributed by atoms with Crippen LogP contribution in [0.25, 0.3) is 0 Å². The average molecular weight is 336 g/mol. The molecule has 24 heavy (non-hydrogen) atoms. The maximum Gasteiger partial charge on any atom is 0.295 e. The first-order valence-electron chi connectivity index (χ1n) is 8.35. The molecule has 2 N–H and O–H groups in total. The molecule has 1 amide bonds. The predicted octanol–water partition coefficient (Wildman–Crippen LogP) is -0.151. The third-order valence-electron chi connectivity index (χ3n) is 3.58. The van der Waals surface area contributed by atoms with Crippen LogP contribution >= 0.6 is 0 Å². The number of hydrogen-bond donors (Lipinski definition) is 2. The number of hydrogen-bond acceptors (Lipinski definition) is 5. The van der Waals surface area contributed by atoms with Crippen LogP contribution in [0.3, 0.4) is 0 Å². The van der Waals surface area contributed by atoms with Gasteiger partial charge < -0.3 is 19.1 Å². The molecule has 1 fully saturated rings. The van der Waals surface area contributed by atoms with E-state index < -0.39 is 0 Å². The third-order valence-corrected chi connectivity index (χ3v) is 3.58. The molecule has 0 unspecified atom stereocenters. The second kappa shape index (κ2) is 9.89. The number of benzene rings is 1. The SMILES string of the molecule is CCOc1ccc(/C=N\NC(=O)C[NH+]2CCOCC2)cc1OCC. The lowest BCUT2D eigenvalue weighted by Gasteiger charge is -2.22. The van der Waals surface area contributed by atoms with Gasteiger partial charge in [0.15, 0.2) is 18.0 Å². The van der Waals surface area contributed by atoms with E-state index in [1.54, 1.807) is 6.21 Å². The molecule has 1 heterocycles. The van der Waals surface area contributed by atoms with Crippen LogP contribution in [0.1, 0.15) is 19.4 Å². The first kappa shape index (κ1) is 18.2. The standard InChI is InChI=1S/C17H25N3O4/c1-3-23-15-6-5-14(11-16(15)24-4-2)12-18-19-17(21)13-20-7-9-22-10-8-20/h5-6,11-12H,3-4,7-10,13H2,1-2H3,(H,19,21)/p+1/b18-12-. The van der Waals surface area contributed by atoms with Crippen molar-refractivity contribution in [3.63, 3.8) is 0 Å². The first-order valence-corrected chi connectivity index (χ1v) is 8.35. The summed E-state index contributed by atoms with van der Waals surface area (Å²) in [5.74, 6) is 1.28. The fourth-order valence-corrected chi connectivity index (χ4v) is 2.43. The highest BCUT2D eigenvalue weighted by molar-refractivity contribution is 5.83. The molecular formula is C17H26N3O4+. The van der Waals surface area contributed by atoms with Crippen LogP contribution in [0.15, 0.2) is 23.3 Å². The normalized spacial score (nSPS) is 15.4. The molecule has 0 atom stereocenters. The molecule has 7 heteroatoms. The molecule has 0 spiro atoms. The van der Waals surface area contributed by atoms with Crippen molar-refractivity contribution in [1.82, 2.24) is 5.43 Å². The van der Waals surface area contributed by atoms with E-state index in [0.29, 0.717) is 44.5 Å². The Hall–Kier alpha value is -2.12. The van der Waals surface area contributed by atoms with Crippen LogP contribution in [0, 0.1) is 0 Å². The second-order valence-electron chi connectivity index (χ2n) is 5.40. The van der Waals surface area contributed by atoms with Crippen molar-refractivity contribution in [2.24, 2.45) is 5.10 Å². The van der Waals surface area contributed by atoms with Crippen molar-refractivity contribution < 1.29 is 23.9 Å². The molecule has 1 aliphatic heterocycles. The Morgan fingerprint density at radius 2 is 1.96 bits per heavy atom. The van der Waals surface area contributed by atoms with Crippen LogP contribution in [0.4, 0.5) is 0 Å². The Labute approximate surface area is 142 Å². The Morgan fingerprint density at radius 3 is 2.67 bits per heavy atom. The third kappa shape index (κ3) is 5.82. The van der Waals surface area contributed by atoms with Gasteiger partial charge in [-0.05, 0) is 37.6 Å². The largest absolute Gasteiger partial charge is 0.490 e. The Morgan fingerprint density at radius 1 is 1.25 bits per heavy atom.